The van der Waals surface area contributed by atoms with E-state index in [1.807, 2.05) is 20.8 Å². The van der Waals surface area contributed by atoms with Crippen LogP contribution in [0.1, 0.15) is 43.7 Å². The first-order valence-corrected chi connectivity index (χ1v) is 6.75. The number of benzene rings is 1. The molecule has 1 atom stereocenters. The molecule has 1 heterocycles. The van der Waals surface area contributed by atoms with Crippen LogP contribution in [0.15, 0.2) is 24.4 Å². The van der Waals surface area contributed by atoms with Crippen molar-refractivity contribution in [2.45, 2.75) is 32.3 Å². The molecule has 2 rings (SSSR count). The van der Waals surface area contributed by atoms with Crippen LogP contribution < -0.4 is 0 Å². The molecule has 0 aliphatic heterocycles. The van der Waals surface area contributed by atoms with Crippen molar-refractivity contribution in [3.8, 4) is 0 Å². The van der Waals surface area contributed by atoms with Crippen molar-refractivity contribution in [1.82, 2.24) is 9.78 Å². The van der Waals surface area contributed by atoms with Crippen molar-refractivity contribution in [3.63, 3.8) is 0 Å². The van der Waals surface area contributed by atoms with Gasteiger partial charge in [0.25, 0.3) is 0 Å². The van der Waals surface area contributed by atoms with Gasteiger partial charge in [-0.2, -0.15) is 5.10 Å². The molecule has 1 unspecified atom stereocenters. The molecule has 0 bridgehead atoms. The van der Waals surface area contributed by atoms with Gasteiger partial charge < -0.3 is 5.11 Å². The standard InChI is InChI=1S/C15H18ClFN2O/c1-15(2,3)14-11(8-19(4)18-14)13(20)10-6-5-9(16)7-12(10)17/h5-8,13,20H,1-4H3. The molecule has 0 spiro atoms. The van der Waals surface area contributed by atoms with Gasteiger partial charge in [0.05, 0.1) is 5.69 Å². The van der Waals surface area contributed by atoms with Gasteiger partial charge in [0, 0.05) is 34.8 Å². The van der Waals surface area contributed by atoms with Crippen LogP contribution in [0.25, 0.3) is 0 Å². The molecule has 0 radical (unpaired) electrons. The minimum absolute atomic E-state index is 0.202. The quantitative estimate of drug-likeness (QED) is 0.919. The van der Waals surface area contributed by atoms with Gasteiger partial charge in [0.1, 0.15) is 11.9 Å². The van der Waals surface area contributed by atoms with E-state index in [-0.39, 0.29) is 11.0 Å². The minimum Gasteiger partial charge on any atom is -0.383 e. The highest BCUT2D eigenvalue weighted by Gasteiger charge is 2.27. The average Bonchev–Trinajstić information content (AvgIpc) is 2.70. The monoisotopic (exact) mass is 296 g/mol. The smallest absolute Gasteiger partial charge is 0.130 e. The number of aromatic nitrogens is 2. The summed E-state index contributed by atoms with van der Waals surface area (Å²) in [7, 11) is 1.78. The van der Waals surface area contributed by atoms with Crippen molar-refractivity contribution in [2.24, 2.45) is 7.05 Å². The number of hydrogen-bond donors (Lipinski definition) is 1. The summed E-state index contributed by atoms with van der Waals surface area (Å²) in [4.78, 5) is 0. The van der Waals surface area contributed by atoms with Gasteiger partial charge in [0.15, 0.2) is 0 Å². The Morgan fingerprint density at radius 1 is 1.30 bits per heavy atom. The molecular formula is C15H18ClFN2O. The van der Waals surface area contributed by atoms with E-state index in [9.17, 15) is 9.50 Å². The summed E-state index contributed by atoms with van der Waals surface area (Å²) in [5.41, 5.74) is 1.33. The Balaban J connectivity index is 2.51. The average molecular weight is 297 g/mol. The summed E-state index contributed by atoms with van der Waals surface area (Å²) in [5, 5.41) is 15.2. The molecule has 0 aliphatic carbocycles. The zero-order valence-electron chi connectivity index (χ0n) is 12.0. The van der Waals surface area contributed by atoms with Crippen LogP contribution in [-0.2, 0) is 12.5 Å². The lowest BCUT2D eigenvalue weighted by Gasteiger charge is -2.20. The largest absolute Gasteiger partial charge is 0.383 e. The molecule has 108 valence electrons. The Morgan fingerprint density at radius 3 is 2.50 bits per heavy atom. The van der Waals surface area contributed by atoms with E-state index in [1.165, 1.54) is 12.1 Å². The summed E-state index contributed by atoms with van der Waals surface area (Å²) in [6, 6.07) is 4.27. The lowest BCUT2D eigenvalue weighted by atomic mass is 9.87. The van der Waals surface area contributed by atoms with Crippen LogP contribution in [0.2, 0.25) is 5.02 Å². The number of aliphatic hydroxyl groups excluding tert-OH is 1. The molecule has 1 aromatic heterocycles. The first kappa shape index (κ1) is 15.0. The fourth-order valence-electron chi connectivity index (χ4n) is 2.18. The van der Waals surface area contributed by atoms with Crippen LogP contribution >= 0.6 is 11.6 Å². The molecule has 0 saturated heterocycles. The zero-order valence-corrected chi connectivity index (χ0v) is 12.7. The molecule has 5 heteroatoms. The van der Waals surface area contributed by atoms with Crippen molar-refractivity contribution >= 4 is 11.6 Å². The second kappa shape index (κ2) is 5.19. The van der Waals surface area contributed by atoms with Gasteiger partial charge >= 0.3 is 0 Å². The molecule has 0 fully saturated rings. The van der Waals surface area contributed by atoms with E-state index in [0.717, 1.165) is 5.69 Å². The molecule has 0 amide bonds. The molecular weight excluding hydrogens is 279 g/mol. The molecule has 3 nitrogen and oxygen atoms in total. The van der Waals surface area contributed by atoms with Crippen molar-refractivity contribution in [2.75, 3.05) is 0 Å². The van der Waals surface area contributed by atoms with E-state index in [2.05, 4.69) is 5.10 Å². The summed E-state index contributed by atoms with van der Waals surface area (Å²) in [5.74, 6) is -0.520. The van der Waals surface area contributed by atoms with Crippen molar-refractivity contribution < 1.29 is 9.50 Å². The topological polar surface area (TPSA) is 38.0 Å². The normalized spacial score (nSPS) is 13.6. The second-order valence-electron chi connectivity index (χ2n) is 5.93. The Hall–Kier alpha value is -1.39. The Labute approximate surface area is 123 Å². The molecule has 20 heavy (non-hydrogen) atoms. The summed E-state index contributed by atoms with van der Waals surface area (Å²) in [6.07, 6.45) is 0.662. The van der Waals surface area contributed by atoms with E-state index in [4.69, 9.17) is 11.6 Å². The van der Waals surface area contributed by atoms with E-state index in [1.54, 1.807) is 24.0 Å². The second-order valence-corrected chi connectivity index (χ2v) is 6.36. The molecule has 2 aromatic rings. The Bertz CT molecular complexity index is 631. The maximum absolute atomic E-state index is 13.9. The fraction of sp³-hybridized carbons (Fsp3) is 0.400. The molecule has 1 N–H and O–H groups in total. The summed E-state index contributed by atoms with van der Waals surface area (Å²) in [6.45, 7) is 6.01. The van der Waals surface area contributed by atoms with E-state index in [0.29, 0.717) is 10.6 Å². The molecule has 1 aromatic carbocycles. The maximum atomic E-state index is 13.9. The van der Waals surface area contributed by atoms with Crippen LogP contribution in [-0.4, -0.2) is 14.9 Å². The first-order chi connectivity index (χ1) is 9.20. The predicted octanol–water partition coefficient (Wildman–Crippen LogP) is 3.59. The highest BCUT2D eigenvalue weighted by molar-refractivity contribution is 6.30. The SMILES string of the molecule is Cn1cc(C(O)c2ccc(Cl)cc2F)c(C(C)(C)C)n1. The highest BCUT2D eigenvalue weighted by atomic mass is 35.5. The van der Waals surface area contributed by atoms with Crippen LogP contribution in [0.4, 0.5) is 4.39 Å². The summed E-state index contributed by atoms with van der Waals surface area (Å²) < 4.78 is 15.6. The highest BCUT2D eigenvalue weighted by Crippen LogP contribution is 2.33. The first-order valence-electron chi connectivity index (χ1n) is 6.37. The number of hydrogen-bond acceptors (Lipinski definition) is 2. The van der Waals surface area contributed by atoms with Gasteiger partial charge in [-0.25, -0.2) is 4.39 Å². The number of aryl methyl sites for hydroxylation is 1. The number of rotatable bonds is 2. The minimum atomic E-state index is -1.06. The zero-order chi connectivity index (χ0) is 15.1. The van der Waals surface area contributed by atoms with Crippen LogP contribution in [0.5, 0.6) is 0 Å². The lowest BCUT2D eigenvalue weighted by molar-refractivity contribution is 0.212. The fourth-order valence-corrected chi connectivity index (χ4v) is 2.34. The van der Waals surface area contributed by atoms with Gasteiger partial charge in [-0.05, 0) is 12.1 Å². The third-order valence-electron chi connectivity index (χ3n) is 3.12. The van der Waals surface area contributed by atoms with E-state index >= 15 is 0 Å². The van der Waals surface area contributed by atoms with Crippen molar-refractivity contribution in [1.29, 1.82) is 0 Å². The predicted molar refractivity (Wildman–Crippen MR) is 77.4 cm³/mol. The van der Waals surface area contributed by atoms with Gasteiger partial charge in [-0.15, -0.1) is 0 Å². The lowest BCUT2D eigenvalue weighted by Crippen LogP contribution is -2.17. The third kappa shape index (κ3) is 2.86. The maximum Gasteiger partial charge on any atom is 0.130 e. The number of halogens is 2. The van der Waals surface area contributed by atoms with Gasteiger partial charge in [0.2, 0.25) is 0 Å². The van der Waals surface area contributed by atoms with Crippen LogP contribution in [0, 0.1) is 5.82 Å². The number of aliphatic hydroxyl groups is 1. The third-order valence-corrected chi connectivity index (χ3v) is 3.35. The van der Waals surface area contributed by atoms with Gasteiger partial charge in [-0.3, -0.25) is 4.68 Å². The Kier molecular flexibility index (Phi) is 3.89. The molecule has 0 aliphatic rings. The number of nitrogens with zero attached hydrogens (tertiary/aromatic N) is 2. The summed E-state index contributed by atoms with van der Waals surface area (Å²) >= 11 is 5.74. The van der Waals surface area contributed by atoms with E-state index < -0.39 is 11.9 Å². The van der Waals surface area contributed by atoms with Crippen molar-refractivity contribution in [3.05, 3.63) is 52.1 Å². The van der Waals surface area contributed by atoms with Crippen LogP contribution in [0.3, 0.4) is 0 Å². The van der Waals surface area contributed by atoms with Gasteiger partial charge in [-0.1, -0.05) is 38.4 Å². The molecule has 0 saturated carbocycles. The Morgan fingerprint density at radius 2 is 1.95 bits per heavy atom.